The van der Waals surface area contributed by atoms with E-state index in [9.17, 15) is 10.2 Å². The molecule has 1 aromatic rings. The summed E-state index contributed by atoms with van der Waals surface area (Å²) in [6.07, 6.45) is 0.243. The molecule has 0 amide bonds. The Balaban J connectivity index is 2.77. The van der Waals surface area contributed by atoms with Gasteiger partial charge in [0.05, 0.1) is 6.10 Å². The Kier molecular flexibility index (Phi) is 4.38. The molecule has 0 aliphatic heterocycles. The standard InChI is InChI=1S/C10H13BrO3/c11-7-3-4-10(14)8(6-7)9(13)2-1-5-12/h3-4,6,9,12-14H,1-2,5H2/t9-/m0/s1. The fraction of sp³-hybridized carbons (Fsp3) is 0.400. The number of aliphatic hydroxyl groups is 2. The average molecular weight is 261 g/mol. The number of benzene rings is 1. The molecule has 1 atom stereocenters. The molecule has 0 bridgehead atoms. The molecule has 0 spiro atoms. The molecule has 0 saturated carbocycles. The third kappa shape index (κ3) is 2.97. The number of halogens is 1. The van der Waals surface area contributed by atoms with Crippen LogP contribution in [0, 0.1) is 0 Å². The Morgan fingerprint density at radius 2 is 2.07 bits per heavy atom. The first-order valence-corrected chi connectivity index (χ1v) is 5.21. The fourth-order valence-corrected chi connectivity index (χ4v) is 1.61. The lowest BCUT2D eigenvalue weighted by Crippen LogP contribution is -1.99. The van der Waals surface area contributed by atoms with Crippen LogP contribution in [0.15, 0.2) is 22.7 Å². The molecule has 78 valence electrons. The highest BCUT2D eigenvalue weighted by Gasteiger charge is 2.11. The maximum absolute atomic E-state index is 9.66. The van der Waals surface area contributed by atoms with E-state index in [-0.39, 0.29) is 12.4 Å². The van der Waals surface area contributed by atoms with E-state index in [1.807, 2.05) is 0 Å². The summed E-state index contributed by atoms with van der Waals surface area (Å²) < 4.78 is 0.813. The molecule has 0 radical (unpaired) electrons. The Morgan fingerprint density at radius 3 is 2.71 bits per heavy atom. The number of rotatable bonds is 4. The maximum Gasteiger partial charge on any atom is 0.121 e. The molecule has 0 aliphatic rings. The Bertz CT molecular complexity index is 301. The van der Waals surface area contributed by atoms with Gasteiger partial charge >= 0.3 is 0 Å². The number of hydrogen-bond donors (Lipinski definition) is 3. The van der Waals surface area contributed by atoms with Crippen molar-refractivity contribution in [2.24, 2.45) is 0 Å². The molecule has 3 nitrogen and oxygen atoms in total. The van der Waals surface area contributed by atoms with Gasteiger partial charge in [-0.2, -0.15) is 0 Å². The van der Waals surface area contributed by atoms with Crippen LogP contribution in [0.3, 0.4) is 0 Å². The van der Waals surface area contributed by atoms with Gasteiger partial charge in [0.1, 0.15) is 5.75 Å². The molecule has 14 heavy (non-hydrogen) atoms. The van der Waals surface area contributed by atoms with Crippen LogP contribution in [-0.2, 0) is 0 Å². The van der Waals surface area contributed by atoms with E-state index < -0.39 is 6.10 Å². The molecule has 0 aromatic heterocycles. The highest BCUT2D eigenvalue weighted by Crippen LogP contribution is 2.29. The lowest BCUT2D eigenvalue weighted by Gasteiger charge is -2.12. The van der Waals surface area contributed by atoms with Gasteiger partial charge < -0.3 is 15.3 Å². The summed E-state index contributed by atoms with van der Waals surface area (Å²) in [6.45, 7) is 0.0474. The van der Waals surface area contributed by atoms with Crippen molar-refractivity contribution in [3.05, 3.63) is 28.2 Å². The fourth-order valence-electron chi connectivity index (χ4n) is 1.23. The molecule has 0 unspecified atom stereocenters. The van der Waals surface area contributed by atoms with Crippen LogP contribution in [0.2, 0.25) is 0 Å². The van der Waals surface area contributed by atoms with Crippen LogP contribution < -0.4 is 0 Å². The lowest BCUT2D eigenvalue weighted by atomic mass is 10.0. The SMILES string of the molecule is OCCC[C@H](O)c1cc(Br)ccc1O. The van der Waals surface area contributed by atoms with Gasteiger partial charge in [-0.15, -0.1) is 0 Å². The highest BCUT2D eigenvalue weighted by molar-refractivity contribution is 9.10. The first kappa shape index (κ1) is 11.5. The molecule has 0 heterocycles. The van der Waals surface area contributed by atoms with Crippen LogP contribution in [0.1, 0.15) is 24.5 Å². The molecule has 0 aliphatic carbocycles. The maximum atomic E-state index is 9.66. The minimum atomic E-state index is -0.723. The van der Waals surface area contributed by atoms with Crippen molar-refractivity contribution >= 4 is 15.9 Å². The van der Waals surface area contributed by atoms with E-state index in [4.69, 9.17) is 5.11 Å². The number of aromatic hydroxyl groups is 1. The lowest BCUT2D eigenvalue weighted by molar-refractivity contribution is 0.148. The van der Waals surface area contributed by atoms with Crippen molar-refractivity contribution in [1.82, 2.24) is 0 Å². The van der Waals surface area contributed by atoms with E-state index in [1.54, 1.807) is 12.1 Å². The van der Waals surface area contributed by atoms with E-state index >= 15 is 0 Å². The van der Waals surface area contributed by atoms with Crippen molar-refractivity contribution in [1.29, 1.82) is 0 Å². The van der Waals surface area contributed by atoms with Crippen molar-refractivity contribution < 1.29 is 15.3 Å². The van der Waals surface area contributed by atoms with Crippen molar-refractivity contribution in [2.45, 2.75) is 18.9 Å². The molecule has 0 saturated heterocycles. The molecule has 1 aromatic carbocycles. The van der Waals surface area contributed by atoms with E-state index in [1.165, 1.54) is 6.07 Å². The van der Waals surface area contributed by atoms with Gasteiger partial charge in [-0.05, 0) is 31.0 Å². The van der Waals surface area contributed by atoms with E-state index in [2.05, 4.69) is 15.9 Å². The number of hydrogen-bond acceptors (Lipinski definition) is 3. The molecule has 3 N–H and O–H groups in total. The third-order valence-corrected chi connectivity index (χ3v) is 2.48. The second-order valence-electron chi connectivity index (χ2n) is 3.08. The van der Waals surface area contributed by atoms with Gasteiger partial charge in [-0.1, -0.05) is 15.9 Å². The van der Waals surface area contributed by atoms with Crippen LogP contribution in [0.25, 0.3) is 0 Å². The number of phenolic OH excluding ortho intramolecular Hbond substituents is 1. The quantitative estimate of drug-likeness (QED) is 0.776. The number of aliphatic hydroxyl groups excluding tert-OH is 2. The van der Waals surface area contributed by atoms with Gasteiger partial charge in [-0.3, -0.25) is 0 Å². The van der Waals surface area contributed by atoms with E-state index in [0.29, 0.717) is 18.4 Å². The third-order valence-electron chi connectivity index (χ3n) is 1.98. The first-order valence-electron chi connectivity index (χ1n) is 4.42. The van der Waals surface area contributed by atoms with Gasteiger partial charge in [-0.25, -0.2) is 0 Å². The summed E-state index contributed by atoms with van der Waals surface area (Å²) in [5, 5.41) is 27.7. The summed E-state index contributed by atoms with van der Waals surface area (Å²) in [4.78, 5) is 0. The van der Waals surface area contributed by atoms with Gasteiger partial charge in [0.25, 0.3) is 0 Å². The van der Waals surface area contributed by atoms with Gasteiger partial charge in [0.2, 0.25) is 0 Å². The summed E-state index contributed by atoms with van der Waals surface area (Å²) in [6, 6.07) is 4.91. The zero-order chi connectivity index (χ0) is 10.6. The predicted molar refractivity (Wildman–Crippen MR) is 57.1 cm³/mol. The van der Waals surface area contributed by atoms with Crippen molar-refractivity contribution in [2.75, 3.05) is 6.61 Å². The Labute approximate surface area is 91.1 Å². The predicted octanol–water partition coefficient (Wildman–Crippen LogP) is 1.96. The molecular formula is C10H13BrO3. The van der Waals surface area contributed by atoms with Crippen LogP contribution in [0.4, 0.5) is 0 Å². The minimum absolute atomic E-state index is 0.0474. The van der Waals surface area contributed by atoms with Crippen molar-refractivity contribution in [3.8, 4) is 5.75 Å². The zero-order valence-electron chi connectivity index (χ0n) is 7.65. The normalized spacial score (nSPS) is 12.8. The molecule has 1 rings (SSSR count). The summed E-state index contributed by atoms with van der Waals surface area (Å²) in [5.41, 5.74) is 0.493. The van der Waals surface area contributed by atoms with E-state index in [0.717, 1.165) is 4.47 Å². The molecular weight excluding hydrogens is 248 g/mol. The summed E-state index contributed by atoms with van der Waals surface area (Å²) >= 11 is 3.26. The van der Waals surface area contributed by atoms with Crippen molar-refractivity contribution in [3.63, 3.8) is 0 Å². The Hall–Kier alpha value is -0.580. The van der Waals surface area contributed by atoms with Crippen LogP contribution >= 0.6 is 15.9 Å². The topological polar surface area (TPSA) is 60.7 Å². The largest absolute Gasteiger partial charge is 0.508 e. The summed E-state index contributed by atoms with van der Waals surface area (Å²) in [5.74, 6) is 0.0821. The van der Waals surface area contributed by atoms with Gasteiger partial charge in [0, 0.05) is 16.6 Å². The first-order chi connectivity index (χ1) is 6.65. The smallest absolute Gasteiger partial charge is 0.121 e. The number of phenols is 1. The second kappa shape index (κ2) is 5.34. The van der Waals surface area contributed by atoms with Gasteiger partial charge in [0.15, 0.2) is 0 Å². The minimum Gasteiger partial charge on any atom is -0.508 e. The van der Waals surface area contributed by atoms with Crippen LogP contribution in [-0.4, -0.2) is 21.9 Å². The molecule has 4 heteroatoms. The monoisotopic (exact) mass is 260 g/mol. The van der Waals surface area contributed by atoms with Crippen LogP contribution in [0.5, 0.6) is 5.75 Å². The highest BCUT2D eigenvalue weighted by atomic mass is 79.9. The molecule has 0 fully saturated rings. The summed E-state index contributed by atoms with van der Waals surface area (Å²) in [7, 11) is 0. The Morgan fingerprint density at radius 1 is 1.36 bits per heavy atom. The average Bonchev–Trinajstić information content (AvgIpc) is 2.18. The zero-order valence-corrected chi connectivity index (χ0v) is 9.24. The second-order valence-corrected chi connectivity index (χ2v) is 4.00.